The van der Waals surface area contributed by atoms with Crippen LogP contribution in [0.15, 0.2) is 23.2 Å². The molecule has 1 aromatic heterocycles. The van der Waals surface area contributed by atoms with Crippen LogP contribution in [0.4, 0.5) is 23.7 Å². The summed E-state index contributed by atoms with van der Waals surface area (Å²) >= 11 is 6.01. The van der Waals surface area contributed by atoms with E-state index >= 15 is 0 Å². The molecule has 30 heavy (non-hydrogen) atoms. The highest BCUT2D eigenvalue weighted by Gasteiger charge is 2.34. The number of nitrogens with zero attached hydrogens (tertiary/aromatic N) is 2. The van der Waals surface area contributed by atoms with Gasteiger partial charge in [0.05, 0.1) is 17.9 Å². The molecule has 0 aliphatic carbocycles. The summed E-state index contributed by atoms with van der Waals surface area (Å²) in [6.45, 7) is 3.55. The number of rotatable bonds is 6. The second kappa shape index (κ2) is 8.72. The van der Waals surface area contributed by atoms with Gasteiger partial charge in [0.2, 0.25) is 0 Å². The minimum Gasteiger partial charge on any atom is -0.449 e. The largest absolute Gasteiger partial charge is 0.449 e. The molecule has 0 aliphatic rings. The maximum Gasteiger partial charge on any atom is 0.418 e. The number of benzene rings is 1. The van der Waals surface area contributed by atoms with Gasteiger partial charge in [0.15, 0.2) is 14.9 Å². The first-order valence-electron chi connectivity index (χ1n) is 8.45. The molecule has 1 amide bonds. The van der Waals surface area contributed by atoms with Crippen molar-refractivity contribution in [1.82, 2.24) is 9.78 Å². The van der Waals surface area contributed by atoms with Gasteiger partial charge in [-0.25, -0.2) is 13.2 Å². The Morgan fingerprint density at radius 2 is 1.97 bits per heavy atom. The number of hydrogen-bond donors (Lipinski definition) is 1. The van der Waals surface area contributed by atoms with Crippen LogP contribution in [-0.4, -0.2) is 37.2 Å². The molecule has 1 N–H and O–H groups in total. The smallest absolute Gasteiger partial charge is 0.418 e. The molecule has 0 bridgehead atoms. The number of anilines is 1. The van der Waals surface area contributed by atoms with Crippen LogP contribution in [0.25, 0.3) is 0 Å². The number of aryl methyl sites for hydroxylation is 1. The van der Waals surface area contributed by atoms with E-state index in [0.717, 1.165) is 23.1 Å². The van der Waals surface area contributed by atoms with Gasteiger partial charge in [0, 0.05) is 19.4 Å². The van der Waals surface area contributed by atoms with Crippen LogP contribution in [0, 0.1) is 5.92 Å². The predicted molar refractivity (Wildman–Crippen MR) is 103 cm³/mol. The van der Waals surface area contributed by atoms with E-state index in [1.807, 2.05) is 5.32 Å². The molecule has 0 radical (unpaired) electrons. The first-order valence-corrected chi connectivity index (χ1v) is 10.7. The van der Waals surface area contributed by atoms with E-state index in [-0.39, 0.29) is 34.2 Å². The lowest BCUT2D eigenvalue weighted by atomic mass is 10.1. The average molecular weight is 470 g/mol. The third kappa shape index (κ3) is 5.79. The number of nitrogens with one attached hydrogen (secondary N) is 1. The molecule has 166 valence electrons. The van der Waals surface area contributed by atoms with Crippen LogP contribution in [0.1, 0.15) is 19.4 Å². The Morgan fingerprint density at radius 3 is 2.47 bits per heavy atom. The van der Waals surface area contributed by atoms with Gasteiger partial charge < -0.3 is 9.47 Å². The van der Waals surface area contributed by atoms with E-state index in [4.69, 9.17) is 21.1 Å². The minimum atomic E-state index is -4.76. The van der Waals surface area contributed by atoms with Gasteiger partial charge in [-0.15, -0.1) is 5.10 Å². The molecule has 0 aliphatic heterocycles. The highest BCUT2D eigenvalue weighted by molar-refractivity contribution is 7.90. The fourth-order valence-electron chi connectivity index (χ4n) is 2.36. The third-order valence-corrected chi connectivity index (χ3v) is 5.18. The van der Waals surface area contributed by atoms with Crippen LogP contribution < -0.4 is 10.1 Å². The number of aromatic nitrogens is 2. The van der Waals surface area contributed by atoms with Crippen molar-refractivity contribution in [2.24, 2.45) is 13.0 Å². The molecule has 0 atom stereocenters. The lowest BCUT2D eigenvalue weighted by Crippen LogP contribution is -2.19. The number of carbonyl (C=O) groups is 1. The Bertz CT molecular complexity index is 1050. The fourth-order valence-corrected chi connectivity index (χ4v) is 3.92. The number of ether oxygens (including phenoxy) is 2. The first-order chi connectivity index (χ1) is 13.7. The molecule has 0 spiro atoms. The summed E-state index contributed by atoms with van der Waals surface area (Å²) in [6.07, 6.45) is -4.91. The van der Waals surface area contributed by atoms with Crippen molar-refractivity contribution in [2.75, 3.05) is 18.2 Å². The van der Waals surface area contributed by atoms with Gasteiger partial charge in [0.1, 0.15) is 10.8 Å². The Hall–Kier alpha value is -2.47. The minimum absolute atomic E-state index is 0.0113. The number of amides is 1. The SMILES string of the molecule is CC(C)COC(=O)Nc1cc(Oc2nn(C)c(S(C)(=O)=O)c2Cl)ccc1C(F)(F)F. The monoisotopic (exact) mass is 469 g/mol. The maximum absolute atomic E-state index is 13.3. The predicted octanol–water partition coefficient (Wildman–Crippen LogP) is 4.49. The lowest BCUT2D eigenvalue weighted by molar-refractivity contribution is -0.136. The Balaban J connectivity index is 2.38. The number of sulfone groups is 1. The highest BCUT2D eigenvalue weighted by Crippen LogP contribution is 2.39. The van der Waals surface area contributed by atoms with Crippen molar-refractivity contribution >= 4 is 33.2 Å². The van der Waals surface area contributed by atoms with Crippen molar-refractivity contribution in [2.45, 2.75) is 25.0 Å². The summed E-state index contributed by atoms with van der Waals surface area (Å²) in [4.78, 5) is 11.8. The van der Waals surface area contributed by atoms with Crippen molar-refractivity contribution < 1.29 is 35.9 Å². The second-order valence-electron chi connectivity index (χ2n) is 6.74. The molecule has 2 rings (SSSR count). The maximum atomic E-state index is 13.3. The molecule has 0 fully saturated rings. The van der Waals surface area contributed by atoms with Crippen molar-refractivity contribution in [1.29, 1.82) is 0 Å². The zero-order valence-corrected chi connectivity index (χ0v) is 17.9. The Labute approximate surface area is 175 Å². The zero-order valence-electron chi connectivity index (χ0n) is 16.4. The summed E-state index contributed by atoms with van der Waals surface area (Å²) in [5.41, 5.74) is -1.73. The van der Waals surface area contributed by atoms with Gasteiger partial charge in [0.25, 0.3) is 5.88 Å². The molecule has 8 nitrogen and oxygen atoms in total. The first kappa shape index (κ1) is 23.8. The van der Waals surface area contributed by atoms with Crippen molar-refractivity contribution in [3.63, 3.8) is 0 Å². The topological polar surface area (TPSA) is 99.5 Å². The molecule has 1 aromatic carbocycles. The van der Waals surface area contributed by atoms with Crippen LogP contribution in [0.5, 0.6) is 11.6 Å². The Morgan fingerprint density at radius 1 is 1.33 bits per heavy atom. The second-order valence-corrected chi connectivity index (χ2v) is 9.05. The van der Waals surface area contributed by atoms with Gasteiger partial charge in [-0.2, -0.15) is 13.2 Å². The molecular weight excluding hydrogens is 451 g/mol. The zero-order chi connectivity index (χ0) is 22.9. The molecule has 2 aromatic rings. The van der Waals surface area contributed by atoms with E-state index < -0.39 is 33.4 Å². The quantitative estimate of drug-likeness (QED) is 0.669. The fraction of sp³-hybridized carbons (Fsp3) is 0.412. The summed E-state index contributed by atoms with van der Waals surface area (Å²) in [5, 5.41) is 5.22. The highest BCUT2D eigenvalue weighted by atomic mass is 35.5. The summed E-state index contributed by atoms with van der Waals surface area (Å²) in [7, 11) is -2.41. The molecule has 0 saturated heterocycles. The van der Waals surface area contributed by atoms with E-state index in [1.165, 1.54) is 7.05 Å². The van der Waals surface area contributed by atoms with Gasteiger partial charge in [-0.1, -0.05) is 25.4 Å². The number of halogens is 4. The van der Waals surface area contributed by atoms with Gasteiger partial charge in [-0.05, 0) is 18.1 Å². The lowest BCUT2D eigenvalue weighted by Gasteiger charge is -2.15. The number of alkyl halides is 3. The molecule has 0 unspecified atom stereocenters. The van der Waals surface area contributed by atoms with Crippen LogP contribution in [0.3, 0.4) is 0 Å². The normalized spacial score (nSPS) is 12.2. The summed E-state index contributed by atoms with van der Waals surface area (Å²) in [5.74, 6) is -0.502. The standard InChI is InChI=1S/C17H19ClF3N3O5S/c1-9(2)8-28-16(25)22-12-7-10(5-6-11(12)17(19,20)21)29-14-13(18)15(24(3)23-14)30(4,26)27/h5-7,9H,8H2,1-4H3,(H,22,25). The number of carbonyl (C=O) groups excluding carboxylic acids is 1. The molecule has 0 saturated carbocycles. The summed E-state index contributed by atoms with van der Waals surface area (Å²) < 4.78 is 74.6. The van der Waals surface area contributed by atoms with Crippen molar-refractivity contribution in [3.8, 4) is 11.6 Å². The van der Waals surface area contributed by atoms with Gasteiger partial charge in [-0.3, -0.25) is 10.00 Å². The van der Waals surface area contributed by atoms with Crippen LogP contribution in [0.2, 0.25) is 5.02 Å². The van der Waals surface area contributed by atoms with Crippen LogP contribution >= 0.6 is 11.6 Å². The molecule has 13 heteroatoms. The van der Waals surface area contributed by atoms with E-state index in [0.29, 0.717) is 6.07 Å². The van der Waals surface area contributed by atoms with E-state index in [2.05, 4.69) is 5.10 Å². The average Bonchev–Trinajstić information content (AvgIpc) is 2.85. The molecular formula is C17H19ClF3N3O5S. The summed E-state index contributed by atoms with van der Waals surface area (Å²) in [6, 6.07) is 2.59. The van der Waals surface area contributed by atoms with Crippen LogP contribution in [-0.2, 0) is 27.8 Å². The third-order valence-electron chi connectivity index (χ3n) is 3.56. The Kier molecular flexibility index (Phi) is 6.92. The van der Waals surface area contributed by atoms with Gasteiger partial charge >= 0.3 is 12.3 Å². The van der Waals surface area contributed by atoms with Crippen molar-refractivity contribution in [3.05, 3.63) is 28.8 Å². The number of hydrogen-bond acceptors (Lipinski definition) is 6. The van der Waals surface area contributed by atoms with E-state index in [9.17, 15) is 26.4 Å². The van der Waals surface area contributed by atoms with E-state index in [1.54, 1.807) is 13.8 Å². The molecule has 1 heterocycles.